The summed E-state index contributed by atoms with van der Waals surface area (Å²) in [6, 6.07) is 8.63. The number of anilines is 1. The Morgan fingerprint density at radius 1 is 1.27 bits per heavy atom. The minimum atomic E-state index is 0. The van der Waals surface area contributed by atoms with E-state index in [9.17, 15) is 0 Å². The Morgan fingerprint density at radius 2 is 1.91 bits per heavy atom. The smallest absolute Gasteiger partial charge is 0.193 e. The van der Waals surface area contributed by atoms with E-state index in [2.05, 4.69) is 42.9 Å². The second kappa shape index (κ2) is 10.7. The molecule has 6 heteroatoms. The van der Waals surface area contributed by atoms with Gasteiger partial charge in [0.2, 0.25) is 0 Å². The number of ether oxygens (including phenoxy) is 1. The monoisotopic (exact) mass is 420 g/mol. The number of halogens is 1. The molecule has 0 spiro atoms. The molecule has 0 saturated heterocycles. The third-order valence-electron chi connectivity index (χ3n) is 3.31. The number of rotatable bonds is 7. The van der Waals surface area contributed by atoms with Crippen LogP contribution in [0.15, 0.2) is 29.3 Å². The second-order valence-electron chi connectivity index (χ2n) is 5.55. The van der Waals surface area contributed by atoms with Gasteiger partial charge >= 0.3 is 0 Å². The van der Waals surface area contributed by atoms with E-state index in [1.807, 2.05) is 24.3 Å². The van der Waals surface area contributed by atoms with Gasteiger partial charge in [0.25, 0.3) is 0 Å². The Morgan fingerprint density at radius 3 is 2.45 bits per heavy atom. The fourth-order valence-electron chi connectivity index (χ4n) is 2.29. The van der Waals surface area contributed by atoms with Crippen LogP contribution in [0.2, 0.25) is 0 Å². The summed E-state index contributed by atoms with van der Waals surface area (Å²) in [4.78, 5) is 6.77. The molecule has 0 fully saturated rings. The molecule has 0 bridgehead atoms. The van der Waals surface area contributed by atoms with Gasteiger partial charge in [0, 0.05) is 30.4 Å². The number of hydrogen-bond acceptors (Lipinski definition) is 3. The highest BCUT2D eigenvalue weighted by Crippen LogP contribution is 2.16. The molecule has 0 aliphatic rings. The predicted molar refractivity (Wildman–Crippen MR) is 105 cm³/mol. The first-order chi connectivity index (χ1) is 9.93. The van der Waals surface area contributed by atoms with Gasteiger partial charge in [0.05, 0.1) is 13.7 Å². The first-order valence-electron chi connectivity index (χ1n) is 7.40. The number of guanidine groups is 1. The van der Waals surface area contributed by atoms with Crippen LogP contribution in [-0.2, 0) is 0 Å². The summed E-state index contributed by atoms with van der Waals surface area (Å²) < 4.78 is 5.17. The molecule has 0 aromatic heterocycles. The van der Waals surface area contributed by atoms with Gasteiger partial charge in [0.1, 0.15) is 5.75 Å². The Bertz CT molecular complexity index is 455. The normalized spacial score (nSPS) is 11.7. The SMILES string of the molecule is COc1cccc(NC(N)=NCCN(C(C)C)C(C)C)c1.I. The molecule has 0 saturated carbocycles. The number of benzene rings is 1. The Balaban J connectivity index is 0.00000441. The average Bonchev–Trinajstić information content (AvgIpc) is 2.42. The lowest BCUT2D eigenvalue weighted by molar-refractivity contribution is 0.181. The number of nitrogens with zero attached hydrogens (tertiary/aromatic N) is 2. The lowest BCUT2D eigenvalue weighted by Crippen LogP contribution is -2.39. The van der Waals surface area contributed by atoms with Gasteiger partial charge in [0.15, 0.2) is 5.96 Å². The van der Waals surface area contributed by atoms with Gasteiger partial charge in [-0.15, -0.1) is 24.0 Å². The maximum absolute atomic E-state index is 5.92. The molecule has 0 amide bonds. The van der Waals surface area contributed by atoms with Crippen molar-refractivity contribution < 1.29 is 4.74 Å². The van der Waals surface area contributed by atoms with Gasteiger partial charge in [-0.3, -0.25) is 9.89 Å². The lowest BCUT2D eigenvalue weighted by Gasteiger charge is -2.29. The fourth-order valence-corrected chi connectivity index (χ4v) is 2.29. The zero-order valence-electron chi connectivity index (χ0n) is 14.2. The first-order valence-corrected chi connectivity index (χ1v) is 7.40. The topological polar surface area (TPSA) is 62.9 Å². The maximum atomic E-state index is 5.92. The van der Waals surface area contributed by atoms with E-state index in [0.717, 1.165) is 18.0 Å². The van der Waals surface area contributed by atoms with E-state index >= 15 is 0 Å². The van der Waals surface area contributed by atoms with Gasteiger partial charge in [-0.2, -0.15) is 0 Å². The van der Waals surface area contributed by atoms with E-state index in [-0.39, 0.29) is 24.0 Å². The predicted octanol–water partition coefficient (Wildman–Crippen LogP) is 3.16. The summed E-state index contributed by atoms with van der Waals surface area (Å²) in [7, 11) is 1.64. The highest BCUT2D eigenvalue weighted by molar-refractivity contribution is 14.0. The van der Waals surface area contributed by atoms with E-state index < -0.39 is 0 Å². The van der Waals surface area contributed by atoms with Crippen LogP contribution >= 0.6 is 24.0 Å². The van der Waals surface area contributed by atoms with Crippen molar-refractivity contribution in [3.8, 4) is 5.75 Å². The molecular formula is C16H29IN4O. The molecule has 126 valence electrons. The molecular weight excluding hydrogens is 391 g/mol. The molecule has 0 heterocycles. The third-order valence-corrected chi connectivity index (χ3v) is 3.31. The van der Waals surface area contributed by atoms with Crippen LogP contribution in [0.4, 0.5) is 5.69 Å². The Labute approximate surface area is 151 Å². The van der Waals surface area contributed by atoms with Crippen molar-refractivity contribution >= 4 is 35.6 Å². The minimum absolute atomic E-state index is 0. The van der Waals surface area contributed by atoms with Crippen LogP contribution in [0.5, 0.6) is 5.75 Å². The number of nitrogens with one attached hydrogen (secondary N) is 1. The first kappa shape index (κ1) is 21.0. The maximum Gasteiger partial charge on any atom is 0.193 e. The Kier molecular flexibility index (Phi) is 10.2. The number of nitrogens with two attached hydrogens (primary N) is 1. The van der Waals surface area contributed by atoms with E-state index in [1.165, 1.54) is 0 Å². The zero-order valence-corrected chi connectivity index (χ0v) is 16.5. The summed E-state index contributed by atoms with van der Waals surface area (Å²) in [6.07, 6.45) is 0. The molecule has 5 nitrogen and oxygen atoms in total. The molecule has 0 aliphatic heterocycles. The van der Waals surface area contributed by atoms with Crippen molar-refractivity contribution in [3.63, 3.8) is 0 Å². The summed E-state index contributed by atoms with van der Waals surface area (Å²) in [6.45, 7) is 10.4. The quantitative estimate of drug-likeness (QED) is 0.404. The van der Waals surface area contributed by atoms with Crippen molar-refractivity contribution in [2.75, 3.05) is 25.5 Å². The van der Waals surface area contributed by atoms with E-state index in [4.69, 9.17) is 10.5 Å². The van der Waals surface area contributed by atoms with Gasteiger partial charge in [-0.05, 0) is 39.8 Å². The van der Waals surface area contributed by atoms with Crippen LogP contribution in [0, 0.1) is 0 Å². The van der Waals surface area contributed by atoms with Gasteiger partial charge < -0.3 is 15.8 Å². The molecule has 0 aliphatic carbocycles. The summed E-state index contributed by atoms with van der Waals surface area (Å²) in [5.41, 5.74) is 6.79. The number of methoxy groups -OCH3 is 1. The highest BCUT2D eigenvalue weighted by atomic mass is 127. The van der Waals surface area contributed by atoms with Crippen LogP contribution < -0.4 is 15.8 Å². The molecule has 3 N–H and O–H groups in total. The summed E-state index contributed by atoms with van der Waals surface area (Å²) in [5.74, 6) is 1.22. The number of aliphatic imine (C=N–C) groups is 1. The molecule has 1 aromatic rings. The largest absolute Gasteiger partial charge is 0.497 e. The zero-order chi connectivity index (χ0) is 15.8. The van der Waals surface area contributed by atoms with Gasteiger partial charge in [-0.1, -0.05) is 6.07 Å². The standard InChI is InChI=1S/C16H28N4O.HI/c1-12(2)20(13(3)4)10-9-18-16(17)19-14-7-6-8-15(11-14)21-5;/h6-8,11-13H,9-10H2,1-5H3,(H3,17,18,19);1H. The van der Waals surface area contributed by atoms with Crippen LogP contribution in [-0.4, -0.2) is 43.1 Å². The van der Waals surface area contributed by atoms with Crippen molar-refractivity contribution in [2.24, 2.45) is 10.7 Å². The third kappa shape index (κ3) is 7.31. The average molecular weight is 420 g/mol. The minimum Gasteiger partial charge on any atom is -0.497 e. The van der Waals surface area contributed by atoms with Crippen LogP contribution in [0.1, 0.15) is 27.7 Å². The molecule has 0 atom stereocenters. The molecule has 22 heavy (non-hydrogen) atoms. The van der Waals surface area contributed by atoms with Crippen molar-refractivity contribution in [1.29, 1.82) is 0 Å². The molecule has 1 rings (SSSR count). The summed E-state index contributed by atoms with van der Waals surface area (Å²) in [5, 5.41) is 3.08. The van der Waals surface area contributed by atoms with E-state index in [0.29, 0.717) is 24.6 Å². The lowest BCUT2D eigenvalue weighted by atomic mass is 10.2. The molecule has 0 unspecified atom stereocenters. The highest BCUT2D eigenvalue weighted by Gasteiger charge is 2.12. The summed E-state index contributed by atoms with van der Waals surface area (Å²) >= 11 is 0. The number of hydrogen-bond donors (Lipinski definition) is 2. The fraction of sp³-hybridized carbons (Fsp3) is 0.562. The van der Waals surface area contributed by atoms with Crippen LogP contribution in [0.3, 0.4) is 0 Å². The molecule has 1 aromatic carbocycles. The van der Waals surface area contributed by atoms with Crippen molar-refractivity contribution in [1.82, 2.24) is 4.90 Å². The second-order valence-corrected chi connectivity index (χ2v) is 5.55. The molecule has 0 radical (unpaired) electrons. The van der Waals surface area contributed by atoms with Gasteiger partial charge in [-0.25, -0.2) is 0 Å². The Hall–Kier alpha value is -1.02. The van der Waals surface area contributed by atoms with Crippen LogP contribution in [0.25, 0.3) is 0 Å². The van der Waals surface area contributed by atoms with Crippen molar-refractivity contribution in [3.05, 3.63) is 24.3 Å². The van der Waals surface area contributed by atoms with Crippen molar-refractivity contribution in [2.45, 2.75) is 39.8 Å². The van der Waals surface area contributed by atoms with E-state index in [1.54, 1.807) is 7.11 Å².